The van der Waals surface area contributed by atoms with E-state index in [4.69, 9.17) is 22.1 Å². The molecule has 4 nitrogen and oxygen atoms in total. The Morgan fingerprint density at radius 2 is 2.32 bits per heavy atom. The first-order valence-corrected chi connectivity index (χ1v) is 6.88. The second-order valence-corrected chi connectivity index (χ2v) is 5.31. The van der Waals surface area contributed by atoms with E-state index in [1.165, 1.54) is 0 Å². The summed E-state index contributed by atoms with van der Waals surface area (Å²) in [5.74, 6) is -0.0103. The number of anilines is 1. The van der Waals surface area contributed by atoms with E-state index in [1.54, 1.807) is 18.2 Å². The molecule has 19 heavy (non-hydrogen) atoms. The minimum Gasteiger partial charge on any atom is -0.398 e. The average Bonchev–Trinajstić information content (AvgIpc) is 2.41. The number of nitrogens with two attached hydrogens (primary N) is 1. The number of carbonyl (C=O) groups excluding carboxylic acids is 1. The Labute approximate surface area is 118 Å². The maximum Gasteiger partial charge on any atom is 0.254 e. The Morgan fingerprint density at radius 1 is 1.58 bits per heavy atom. The van der Waals surface area contributed by atoms with Gasteiger partial charge in [-0.25, -0.2) is 0 Å². The van der Waals surface area contributed by atoms with Crippen molar-refractivity contribution in [2.45, 2.75) is 32.4 Å². The number of morpholine rings is 1. The summed E-state index contributed by atoms with van der Waals surface area (Å²) in [6.07, 6.45) is 0.942. The Balaban J connectivity index is 2.23. The van der Waals surface area contributed by atoms with Crippen LogP contribution in [0.25, 0.3) is 0 Å². The summed E-state index contributed by atoms with van der Waals surface area (Å²) in [4.78, 5) is 14.4. The first-order valence-electron chi connectivity index (χ1n) is 6.50. The Hall–Kier alpha value is -1.26. The van der Waals surface area contributed by atoms with Gasteiger partial charge in [0.15, 0.2) is 0 Å². The van der Waals surface area contributed by atoms with Crippen molar-refractivity contribution < 1.29 is 9.53 Å². The lowest BCUT2D eigenvalue weighted by Gasteiger charge is -2.38. The highest BCUT2D eigenvalue weighted by atomic mass is 35.5. The second-order valence-electron chi connectivity index (χ2n) is 4.90. The summed E-state index contributed by atoms with van der Waals surface area (Å²) in [6, 6.07) is 5.14. The van der Waals surface area contributed by atoms with Crippen LogP contribution in [0.3, 0.4) is 0 Å². The highest BCUT2D eigenvalue weighted by Gasteiger charge is 2.30. The Kier molecular flexibility index (Phi) is 4.32. The molecule has 1 heterocycles. The lowest BCUT2D eigenvalue weighted by molar-refractivity contribution is -0.0444. The third-order valence-electron chi connectivity index (χ3n) is 3.45. The SMILES string of the molecule is CCC1COC(C)CN1C(=O)c1ccc(N)c(Cl)c1. The Morgan fingerprint density at radius 3 is 2.95 bits per heavy atom. The number of hydrogen-bond donors (Lipinski definition) is 1. The smallest absolute Gasteiger partial charge is 0.254 e. The predicted octanol–water partition coefficient (Wildman–Crippen LogP) is 2.56. The van der Waals surface area contributed by atoms with Crippen LogP contribution in [0.15, 0.2) is 18.2 Å². The molecule has 2 unspecified atom stereocenters. The fourth-order valence-electron chi connectivity index (χ4n) is 2.26. The van der Waals surface area contributed by atoms with E-state index in [0.29, 0.717) is 29.4 Å². The van der Waals surface area contributed by atoms with Crippen molar-refractivity contribution in [3.8, 4) is 0 Å². The fourth-order valence-corrected chi connectivity index (χ4v) is 2.44. The molecule has 5 heteroatoms. The third-order valence-corrected chi connectivity index (χ3v) is 3.77. The van der Waals surface area contributed by atoms with Gasteiger partial charge in [-0.3, -0.25) is 4.79 Å². The zero-order valence-corrected chi connectivity index (χ0v) is 12.0. The molecule has 2 atom stereocenters. The first-order chi connectivity index (χ1) is 9.02. The number of amides is 1. The molecule has 0 aliphatic carbocycles. The summed E-state index contributed by atoms with van der Waals surface area (Å²) in [7, 11) is 0. The molecular weight excluding hydrogens is 264 g/mol. The van der Waals surface area contributed by atoms with Crippen LogP contribution in [0.1, 0.15) is 30.6 Å². The minimum absolute atomic E-state index is 0.0103. The normalized spacial score (nSPS) is 23.4. The van der Waals surface area contributed by atoms with Crippen molar-refractivity contribution in [2.75, 3.05) is 18.9 Å². The predicted molar refractivity (Wildman–Crippen MR) is 76.4 cm³/mol. The molecule has 1 aromatic rings. The number of hydrogen-bond acceptors (Lipinski definition) is 3. The van der Waals surface area contributed by atoms with Gasteiger partial charge in [-0.1, -0.05) is 18.5 Å². The zero-order valence-electron chi connectivity index (χ0n) is 11.2. The number of benzene rings is 1. The van der Waals surface area contributed by atoms with E-state index >= 15 is 0 Å². The number of nitrogens with zero attached hydrogens (tertiary/aromatic N) is 1. The molecule has 1 saturated heterocycles. The van der Waals surface area contributed by atoms with Crippen LogP contribution in [0.5, 0.6) is 0 Å². The molecule has 2 N–H and O–H groups in total. The van der Waals surface area contributed by atoms with Gasteiger partial charge in [0.2, 0.25) is 0 Å². The Bertz CT molecular complexity index is 479. The van der Waals surface area contributed by atoms with Crippen LogP contribution in [0.2, 0.25) is 5.02 Å². The highest BCUT2D eigenvalue weighted by Crippen LogP contribution is 2.23. The van der Waals surface area contributed by atoms with Crippen molar-refractivity contribution in [1.29, 1.82) is 0 Å². The van der Waals surface area contributed by atoms with Crippen molar-refractivity contribution in [3.05, 3.63) is 28.8 Å². The topological polar surface area (TPSA) is 55.6 Å². The number of halogens is 1. The molecule has 2 rings (SSSR count). The van der Waals surface area contributed by atoms with Gasteiger partial charge in [-0.05, 0) is 31.5 Å². The molecular formula is C14H19ClN2O2. The van der Waals surface area contributed by atoms with E-state index in [9.17, 15) is 4.79 Å². The zero-order chi connectivity index (χ0) is 14.0. The molecule has 0 bridgehead atoms. The van der Waals surface area contributed by atoms with Gasteiger partial charge in [0, 0.05) is 12.1 Å². The summed E-state index contributed by atoms with van der Waals surface area (Å²) in [5, 5.41) is 0.417. The summed E-state index contributed by atoms with van der Waals surface area (Å²) in [5.41, 5.74) is 6.73. The van der Waals surface area contributed by atoms with Gasteiger partial charge in [0.25, 0.3) is 5.91 Å². The van der Waals surface area contributed by atoms with Gasteiger partial charge in [-0.15, -0.1) is 0 Å². The van der Waals surface area contributed by atoms with Gasteiger partial charge < -0.3 is 15.4 Å². The molecule has 1 aromatic carbocycles. The van der Waals surface area contributed by atoms with Gasteiger partial charge in [0.05, 0.1) is 29.5 Å². The van der Waals surface area contributed by atoms with Gasteiger partial charge in [0.1, 0.15) is 0 Å². The standard InChI is InChI=1S/C14H19ClN2O2/c1-3-11-8-19-9(2)7-17(11)14(18)10-4-5-13(16)12(15)6-10/h4-6,9,11H,3,7-8,16H2,1-2H3. The van der Waals surface area contributed by atoms with Gasteiger partial charge >= 0.3 is 0 Å². The van der Waals surface area contributed by atoms with Crippen LogP contribution < -0.4 is 5.73 Å². The molecule has 0 saturated carbocycles. The monoisotopic (exact) mass is 282 g/mol. The quantitative estimate of drug-likeness (QED) is 0.848. The molecule has 0 aromatic heterocycles. The van der Waals surface area contributed by atoms with Crippen LogP contribution in [-0.2, 0) is 4.74 Å². The largest absolute Gasteiger partial charge is 0.398 e. The van der Waals surface area contributed by atoms with Crippen molar-refractivity contribution in [2.24, 2.45) is 0 Å². The number of nitrogen functional groups attached to an aromatic ring is 1. The van der Waals surface area contributed by atoms with Gasteiger partial charge in [-0.2, -0.15) is 0 Å². The highest BCUT2D eigenvalue weighted by molar-refractivity contribution is 6.33. The van der Waals surface area contributed by atoms with Crippen LogP contribution in [0, 0.1) is 0 Å². The maximum absolute atomic E-state index is 12.5. The van der Waals surface area contributed by atoms with E-state index in [2.05, 4.69) is 6.92 Å². The first kappa shape index (κ1) is 14.2. The molecule has 1 fully saturated rings. The second kappa shape index (κ2) is 5.80. The van der Waals surface area contributed by atoms with Crippen molar-refractivity contribution >= 4 is 23.2 Å². The van der Waals surface area contributed by atoms with Crippen molar-refractivity contribution in [1.82, 2.24) is 4.90 Å². The van der Waals surface area contributed by atoms with Crippen molar-refractivity contribution in [3.63, 3.8) is 0 Å². The fraction of sp³-hybridized carbons (Fsp3) is 0.500. The summed E-state index contributed by atoms with van der Waals surface area (Å²) >= 11 is 5.98. The molecule has 0 radical (unpaired) electrons. The number of carbonyl (C=O) groups is 1. The van der Waals surface area contributed by atoms with Crippen LogP contribution in [-0.4, -0.2) is 36.1 Å². The molecule has 1 aliphatic heterocycles. The lowest BCUT2D eigenvalue weighted by Crippen LogP contribution is -2.51. The van der Waals surface area contributed by atoms with E-state index < -0.39 is 0 Å². The molecule has 104 valence electrons. The summed E-state index contributed by atoms with van der Waals surface area (Å²) in [6.45, 7) is 5.23. The number of ether oxygens (including phenoxy) is 1. The molecule has 1 amide bonds. The average molecular weight is 283 g/mol. The van der Waals surface area contributed by atoms with Crippen LogP contribution >= 0.6 is 11.6 Å². The van der Waals surface area contributed by atoms with E-state index in [0.717, 1.165) is 6.42 Å². The maximum atomic E-state index is 12.5. The van der Waals surface area contributed by atoms with Crippen LogP contribution in [0.4, 0.5) is 5.69 Å². The molecule has 0 spiro atoms. The lowest BCUT2D eigenvalue weighted by atomic mass is 10.1. The van der Waals surface area contributed by atoms with E-state index in [1.807, 2.05) is 11.8 Å². The third kappa shape index (κ3) is 3.01. The van der Waals surface area contributed by atoms with E-state index in [-0.39, 0.29) is 18.1 Å². The number of rotatable bonds is 2. The minimum atomic E-state index is -0.0103. The molecule has 1 aliphatic rings. The summed E-state index contributed by atoms with van der Waals surface area (Å²) < 4.78 is 5.60.